The number of hydroxylamine groups is 1. The van der Waals surface area contributed by atoms with Crippen molar-refractivity contribution < 1.29 is 22.4 Å². The predicted molar refractivity (Wildman–Crippen MR) is 116 cm³/mol. The lowest BCUT2D eigenvalue weighted by Gasteiger charge is -2.14. The van der Waals surface area contributed by atoms with Gasteiger partial charge in [-0.2, -0.15) is 18.3 Å². The Labute approximate surface area is 198 Å². The molecule has 0 amide bonds. The maximum Gasteiger partial charge on any atom is 0.434 e. The van der Waals surface area contributed by atoms with Gasteiger partial charge in [0.15, 0.2) is 11.5 Å². The van der Waals surface area contributed by atoms with Gasteiger partial charge >= 0.3 is 6.18 Å². The van der Waals surface area contributed by atoms with Crippen LogP contribution in [0, 0.1) is 12.7 Å². The minimum atomic E-state index is -4.80. The van der Waals surface area contributed by atoms with E-state index in [0.717, 1.165) is 22.2 Å². The maximum absolute atomic E-state index is 14.8. The molecule has 34 heavy (non-hydrogen) atoms. The number of rotatable bonds is 4. The zero-order valence-electron chi connectivity index (χ0n) is 17.1. The van der Waals surface area contributed by atoms with E-state index in [4.69, 9.17) is 16.4 Å². The van der Waals surface area contributed by atoms with Gasteiger partial charge in [-0.05, 0) is 31.2 Å². The molecule has 5 rings (SSSR count). The molecule has 1 aromatic carbocycles. The van der Waals surface area contributed by atoms with Crippen molar-refractivity contribution in [2.75, 3.05) is 0 Å². The minimum Gasteiger partial charge on any atom is -0.407 e. The molecule has 3 aromatic heterocycles. The fourth-order valence-electron chi connectivity index (χ4n) is 3.65. The van der Waals surface area contributed by atoms with Crippen LogP contribution < -0.4 is 5.48 Å². The van der Waals surface area contributed by atoms with Crippen molar-refractivity contribution in [1.82, 2.24) is 30.4 Å². The van der Waals surface area contributed by atoms with Crippen molar-refractivity contribution in [3.8, 4) is 5.69 Å². The van der Waals surface area contributed by atoms with E-state index in [-0.39, 0.29) is 38.2 Å². The molecule has 1 atom stereocenters. The Morgan fingerprint density at radius 3 is 2.56 bits per heavy atom. The topological polar surface area (TPSA) is 77.8 Å². The zero-order chi connectivity index (χ0) is 24.0. The van der Waals surface area contributed by atoms with E-state index in [1.165, 1.54) is 42.7 Å². The fourth-order valence-corrected chi connectivity index (χ4v) is 4.68. The van der Waals surface area contributed by atoms with Gasteiger partial charge in [-0.1, -0.05) is 29.0 Å². The number of halogens is 5. The SMILES string of the molecule is Cc1nnc(C2=C(c3cnn(-c4ccncc4)c3C(F)(F)F)ONC2c2c(F)cccc2Cl)s1. The number of hydrogen-bond acceptors (Lipinski definition) is 7. The van der Waals surface area contributed by atoms with E-state index in [2.05, 4.69) is 25.8 Å². The van der Waals surface area contributed by atoms with Gasteiger partial charge in [0, 0.05) is 23.0 Å². The molecule has 174 valence electrons. The highest BCUT2D eigenvalue weighted by molar-refractivity contribution is 7.12. The van der Waals surface area contributed by atoms with E-state index in [1.54, 1.807) is 6.92 Å². The number of pyridine rings is 1. The first kappa shape index (κ1) is 22.4. The summed E-state index contributed by atoms with van der Waals surface area (Å²) in [7, 11) is 0. The van der Waals surface area contributed by atoms with Gasteiger partial charge in [0.05, 0.1) is 23.0 Å². The second-order valence-corrected chi connectivity index (χ2v) is 8.77. The number of nitrogens with zero attached hydrogens (tertiary/aromatic N) is 5. The normalized spacial score (nSPS) is 16.2. The van der Waals surface area contributed by atoms with E-state index in [9.17, 15) is 17.6 Å². The molecular weight excluding hydrogens is 496 g/mol. The third-order valence-corrected chi connectivity index (χ3v) is 6.25. The molecule has 1 aliphatic rings. The third-order valence-electron chi connectivity index (χ3n) is 5.05. The smallest absolute Gasteiger partial charge is 0.407 e. The van der Waals surface area contributed by atoms with E-state index >= 15 is 0 Å². The highest BCUT2D eigenvalue weighted by Crippen LogP contribution is 2.47. The summed E-state index contributed by atoms with van der Waals surface area (Å²) < 4.78 is 58.4. The van der Waals surface area contributed by atoms with E-state index in [0.29, 0.717) is 5.01 Å². The molecule has 7 nitrogen and oxygen atoms in total. The summed E-state index contributed by atoms with van der Waals surface area (Å²) in [5, 5.41) is 12.9. The van der Waals surface area contributed by atoms with Gasteiger partial charge in [-0.15, -0.1) is 15.7 Å². The molecule has 1 aliphatic heterocycles. The Bertz CT molecular complexity index is 1380. The van der Waals surface area contributed by atoms with Crippen LogP contribution in [0.15, 0.2) is 48.9 Å². The van der Waals surface area contributed by atoms with Gasteiger partial charge in [-0.3, -0.25) is 4.98 Å². The van der Waals surface area contributed by atoms with Crippen LogP contribution in [0.1, 0.15) is 32.9 Å². The molecule has 13 heteroatoms. The van der Waals surface area contributed by atoms with Crippen LogP contribution in [0.4, 0.5) is 17.6 Å². The predicted octanol–water partition coefficient (Wildman–Crippen LogP) is 5.38. The van der Waals surface area contributed by atoms with Crippen molar-refractivity contribution >= 4 is 34.3 Å². The number of alkyl halides is 3. The van der Waals surface area contributed by atoms with Crippen molar-refractivity contribution in [2.24, 2.45) is 0 Å². The molecule has 4 heterocycles. The number of nitrogens with one attached hydrogen (secondary N) is 1. The van der Waals surface area contributed by atoms with Crippen LogP contribution in [-0.4, -0.2) is 25.0 Å². The van der Waals surface area contributed by atoms with Crippen LogP contribution in [-0.2, 0) is 11.0 Å². The monoisotopic (exact) mass is 508 g/mol. The van der Waals surface area contributed by atoms with E-state index in [1.807, 2.05) is 0 Å². The first-order chi connectivity index (χ1) is 16.3. The summed E-state index contributed by atoms with van der Waals surface area (Å²) in [4.78, 5) is 9.39. The van der Waals surface area contributed by atoms with Crippen molar-refractivity contribution in [2.45, 2.75) is 19.1 Å². The van der Waals surface area contributed by atoms with Crippen LogP contribution in [0.25, 0.3) is 17.0 Å². The molecule has 0 saturated carbocycles. The Kier molecular flexibility index (Phi) is 5.58. The highest BCUT2D eigenvalue weighted by Gasteiger charge is 2.44. The van der Waals surface area contributed by atoms with Gasteiger partial charge in [-0.25, -0.2) is 9.07 Å². The van der Waals surface area contributed by atoms with E-state index < -0.39 is 23.7 Å². The van der Waals surface area contributed by atoms with Crippen molar-refractivity contribution in [1.29, 1.82) is 0 Å². The molecular formula is C21H13ClF4N6OS. The van der Waals surface area contributed by atoms with Crippen molar-refractivity contribution in [3.63, 3.8) is 0 Å². The quantitative estimate of drug-likeness (QED) is 0.373. The number of aromatic nitrogens is 5. The largest absolute Gasteiger partial charge is 0.434 e. The summed E-state index contributed by atoms with van der Waals surface area (Å²) in [6, 6.07) is 5.85. The molecule has 4 aromatic rings. The minimum absolute atomic E-state index is 0.0112. The van der Waals surface area contributed by atoms with Gasteiger partial charge in [0.2, 0.25) is 0 Å². The van der Waals surface area contributed by atoms with Crippen LogP contribution in [0.5, 0.6) is 0 Å². The lowest BCUT2D eigenvalue weighted by Crippen LogP contribution is -2.17. The lowest BCUT2D eigenvalue weighted by atomic mass is 9.96. The second kappa shape index (κ2) is 8.46. The lowest BCUT2D eigenvalue weighted by molar-refractivity contribution is -0.143. The number of hydrogen-bond donors (Lipinski definition) is 1. The molecule has 0 spiro atoms. The first-order valence-electron chi connectivity index (χ1n) is 9.72. The second-order valence-electron chi connectivity index (χ2n) is 7.18. The average Bonchev–Trinajstić information content (AvgIpc) is 3.51. The number of aryl methyl sites for hydroxylation is 1. The Hall–Kier alpha value is -3.35. The molecule has 0 radical (unpaired) electrons. The third kappa shape index (κ3) is 3.83. The Balaban J connectivity index is 1.77. The van der Waals surface area contributed by atoms with Crippen molar-refractivity contribution in [3.05, 3.63) is 86.6 Å². The van der Waals surface area contributed by atoms with Crippen LogP contribution in [0.2, 0.25) is 5.02 Å². The maximum atomic E-state index is 14.8. The summed E-state index contributed by atoms with van der Waals surface area (Å²) in [6.07, 6.45) is -1.05. The summed E-state index contributed by atoms with van der Waals surface area (Å²) in [5.41, 5.74) is 1.52. The standard InChI is InChI=1S/C21H13ClF4N6OS/c1-10-29-30-20(34-10)16-17(15-13(22)3-2-4-14(15)23)31-33-18(16)12-9-28-32(19(12)21(24,25)26)11-5-7-27-8-6-11/h2-9,17,31H,1H3. The zero-order valence-corrected chi connectivity index (χ0v) is 18.7. The van der Waals surface area contributed by atoms with Crippen LogP contribution in [0.3, 0.4) is 0 Å². The fraction of sp³-hybridized carbons (Fsp3) is 0.143. The summed E-state index contributed by atoms with van der Waals surface area (Å²) in [6.45, 7) is 1.69. The molecule has 0 bridgehead atoms. The summed E-state index contributed by atoms with van der Waals surface area (Å²) in [5.74, 6) is -0.856. The molecule has 0 aliphatic carbocycles. The van der Waals surface area contributed by atoms with Gasteiger partial charge in [0.1, 0.15) is 21.9 Å². The Morgan fingerprint density at radius 1 is 1.15 bits per heavy atom. The van der Waals surface area contributed by atoms with Gasteiger partial charge < -0.3 is 4.84 Å². The first-order valence-corrected chi connectivity index (χ1v) is 10.9. The Morgan fingerprint density at radius 2 is 1.91 bits per heavy atom. The number of benzene rings is 1. The molecule has 0 fully saturated rings. The molecule has 0 saturated heterocycles. The summed E-state index contributed by atoms with van der Waals surface area (Å²) >= 11 is 7.38. The average molecular weight is 509 g/mol. The van der Waals surface area contributed by atoms with Crippen LogP contribution >= 0.6 is 22.9 Å². The molecule has 1 unspecified atom stereocenters. The molecule has 1 N–H and O–H groups in total. The van der Waals surface area contributed by atoms with Gasteiger partial charge in [0.25, 0.3) is 0 Å². The highest BCUT2D eigenvalue weighted by atomic mass is 35.5.